The van der Waals surface area contributed by atoms with Crippen LogP contribution in [-0.4, -0.2) is 10.9 Å². The fraction of sp³-hybridized carbons (Fsp3) is 0.0385. The molecule has 0 saturated carbocycles. The quantitative estimate of drug-likeness (QED) is 0.363. The fourth-order valence-electron chi connectivity index (χ4n) is 3.02. The largest absolute Gasteiger partial charge is 0.436 e. The Hall–Kier alpha value is -4.77. The Kier molecular flexibility index (Phi) is 6.46. The van der Waals surface area contributed by atoms with E-state index in [1.54, 1.807) is 48.5 Å². The zero-order chi connectivity index (χ0) is 24.1. The van der Waals surface area contributed by atoms with Crippen LogP contribution in [0.1, 0.15) is 21.5 Å². The minimum Gasteiger partial charge on any atom is -0.436 e. The van der Waals surface area contributed by atoms with Crippen LogP contribution in [0.3, 0.4) is 0 Å². The second kappa shape index (κ2) is 9.79. The van der Waals surface area contributed by atoms with Crippen molar-refractivity contribution in [3.8, 4) is 29.3 Å². The van der Waals surface area contributed by atoms with Crippen LogP contribution < -0.4 is 14.8 Å². The van der Waals surface area contributed by atoms with Gasteiger partial charge in [-0.05, 0) is 55.5 Å². The molecule has 6 nitrogen and oxygen atoms in total. The van der Waals surface area contributed by atoms with Crippen molar-refractivity contribution in [2.75, 3.05) is 5.32 Å². The van der Waals surface area contributed by atoms with Gasteiger partial charge in [0.25, 0.3) is 17.7 Å². The van der Waals surface area contributed by atoms with E-state index >= 15 is 0 Å². The number of pyridine rings is 1. The molecule has 0 unspecified atom stereocenters. The van der Waals surface area contributed by atoms with Crippen LogP contribution in [0.2, 0.25) is 0 Å². The van der Waals surface area contributed by atoms with E-state index in [-0.39, 0.29) is 28.5 Å². The lowest BCUT2D eigenvalue weighted by atomic mass is 10.2. The molecule has 0 aliphatic rings. The molecule has 0 aliphatic carbocycles. The van der Waals surface area contributed by atoms with Gasteiger partial charge in [0.15, 0.2) is 11.6 Å². The highest BCUT2D eigenvalue weighted by Crippen LogP contribution is 2.33. The first-order valence-electron chi connectivity index (χ1n) is 10.1. The lowest BCUT2D eigenvalue weighted by Gasteiger charge is -2.13. The number of carbonyl (C=O) groups is 1. The summed E-state index contributed by atoms with van der Waals surface area (Å²) < 4.78 is 40.3. The van der Waals surface area contributed by atoms with E-state index in [0.717, 1.165) is 0 Å². The molecule has 0 fully saturated rings. The molecule has 1 aromatic heterocycles. The van der Waals surface area contributed by atoms with Gasteiger partial charge in [-0.2, -0.15) is 10.2 Å². The van der Waals surface area contributed by atoms with Crippen molar-refractivity contribution >= 4 is 11.6 Å². The van der Waals surface area contributed by atoms with E-state index in [2.05, 4.69) is 10.3 Å². The number of halogens is 2. The number of hydrogen-bond acceptors (Lipinski definition) is 5. The number of ether oxygens (including phenoxy) is 2. The first-order valence-corrected chi connectivity index (χ1v) is 10.1. The van der Waals surface area contributed by atoms with Crippen molar-refractivity contribution in [1.82, 2.24) is 4.98 Å². The van der Waals surface area contributed by atoms with Gasteiger partial charge in [-0.1, -0.05) is 30.3 Å². The number of rotatable bonds is 6. The van der Waals surface area contributed by atoms with Crippen molar-refractivity contribution in [3.63, 3.8) is 0 Å². The average Bonchev–Trinajstić information content (AvgIpc) is 2.86. The van der Waals surface area contributed by atoms with Crippen LogP contribution in [0.4, 0.5) is 14.5 Å². The SMILES string of the molecule is Cc1c(F)c(Oc2cccc(C#N)c2)nc(Oc2cccc(C(=O)Nc3ccccc3)c2)c1F. The number of nitrogens with zero attached hydrogens (tertiary/aromatic N) is 2. The first-order chi connectivity index (χ1) is 16.4. The molecule has 0 spiro atoms. The van der Waals surface area contributed by atoms with Crippen LogP contribution in [0.5, 0.6) is 23.3 Å². The van der Waals surface area contributed by atoms with Gasteiger partial charge in [-0.15, -0.1) is 0 Å². The Morgan fingerprint density at radius 2 is 1.50 bits per heavy atom. The summed E-state index contributed by atoms with van der Waals surface area (Å²) in [5.74, 6) is -3.15. The summed E-state index contributed by atoms with van der Waals surface area (Å²) in [6.07, 6.45) is 0. The van der Waals surface area contributed by atoms with Crippen LogP contribution in [0, 0.1) is 29.9 Å². The summed E-state index contributed by atoms with van der Waals surface area (Å²) in [6, 6.07) is 22.9. The van der Waals surface area contributed by atoms with Gasteiger partial charge in [0.1, 0.15) is 11.5 Å². The third kappa shape index (κ3) is 5.00. The highest BCUT2D eigenvalue weighted by molar-refractivity contribution is 6.04. The van der Waals surface area contributed by atoms with E-state index in [4.69, 9.17) is 14.7 Å². The van der Waals surface area contributed by atoms with Gasteiger partial charge in [-0.3, -0.25) is 4.79 Å². The Morgan fingerprint density at radius 3 is 2.15 bits per heavy atom. The second-order valence-corrected chi connectivity index (χ2v) is 7.17. The highest BCUT2D eigenvalue weighted by Gasteiger charge is 2.21. The molecule has 1 amide bonds. The molecule has 0 atom stereocenters. The predicted molar refractivity (Wildman–Crippen MR) is 121 cm³/mol. The number of anilines is 1. The predicted octanol–water partition coefficient (Wildman–Crippen LogP) is 6.38. The van der Waals surface area contributed by atoms with Crippen LogP contribution in [-0.2, 0) is 0 Å². The minimum atomic E-state index is -1.00. The van der Waals surface area contributed by atoms with E-state index in [9.17, 15) is 13.6 Å². The molecule has 0 radical (unpaired) electrons. The van der Waals surface area contributed by atoms with Crippen molar-refractivity contribution in [2.45, 2.75) is 6.92 Å². The lowest BCUT2D eigenvalue weighted by Crippen LogP contribution is -2.11. The molecule has 0 bridgehead atoms. The summed E-state index contributed by atoms with van der Waals surface area (Å²) in [5, 5.41) is 11.8. The zero-order valence-electron chi connectivity index (χ0n) is 17.9. The van der Waals surface area contributed by atoms with Crippen molar-refractivity contribution in [3.05, 3.63) is 107 Å². The zero-order valence-corrected chi connectivity index (χ0v) is 17.9. The third-order valence-electron chi connectivity index (χ3n) is 4.76. The average molecular weight is 457 g/mol. The molecule has 0 aliphatic heterocycles. The molecule has 34 heavy (non-hydrogen) atoms. The maximum atomic E-state index is 14.7. The molecule has 4 rings (SSSR count). The lowest BCUT2D eigenvalue weighted by molar-refractivity contribution is 0.102. The highest BCUT2D eigenvalue weighted by atomic mass is 19.1. The summed E-state index contributed by atoms with van der Waals surface area (Å²) in [5.41, 5.74) is 0.835. The van der Waals surface area contributed by atoms with Gasteiger partial charge < -0.3 is 14.8 Å². The monoisotopic (exact) mass is 457 g/mol. The van der Waals surface area contributed by atoms with Gasteiger partial charge in [0.05, 0.1) is 11.6 Å². The molecule has 1 N–H and O–H groups in total. The van der Waals surface area contributed by atoms with Crippen LogP contribution >= 0.6 is 0 Å². The number of hydrogen-bond donors (Lipinski definition) is 1. The molecular formula is C26H17F2N3O3. The minimum absolute atomic E-state index is 0.121. The molecule has 0 saturated heterocycles. The number of nitrogens with one attached hydrogen (secondary N) is 1. The summed E-state index contributed by atoms with van der Waals surface area (Å²) in [7, 11) is 0. The molecule has 168 valence electrons. The van der Waals surface area contributed by atoms with Crippen LogP contribution in [0.25, 0.3) is 0 Å². The normalized spacial score (nSPS) is 10.3. The molecule has 3 aromatic carbocycles. The smallest absolute Gasteiger partial charge is 0.259 e. The van der Waals surface area contributed by atoms with Gasteiger partial charge in [-0.25, -0.2) is 8.78 Å². The van der Waals surface area contributed by atoms with E-state index < -0.39 is 23.4 Å². The number of para-hydroxylation sites is 1. The topological polar surface area (TPSA) is 84.2 Å². The number of nitriles is 1. The van der Waals surface area contributed by atoms with Crippen molar-refractivity contribution in [1.29, 1.82) is 5.26 Å². The summed E-state index contributed by atoms with van der Waals surface area (Å²) in [6.45, 7) is 1.22. The maximum absolute atomic E-state index is 14.7. The Balaban J connectivity index is 1.59. The molecular weight excluding hydrogens is 440 g/mol. The molecule has 8 heteroatoms. The van der Waals surface area contributed by atoms with Gasteiger partial charge in [0.2, 0.25) is 0 Å². The van der Waals surface area contributed by atoms with E-state index in [1.165, 1.54) is 31.2 Å². The standard InChI is InChI=1S/C26H17F2N3O3/c1-16-22(27)25(33-20-11-5-7-17(13-20)15-29)31-26(23(16)28)34-21-12-6-8-18(14-21)24(32)30-19-9-3-2-4-10-19/h2-14H,1H3,(H,30,32). The first kappa shape index (κ1) is 22.4. The van der Waals surface area contributed by atoms with Gasteiger partial charge >= 0.3 is 0 Å². The summed E-state index contributed by atoms with van der Waals surface area (Å²) in [4.78, 5) is 16.4. The number of carbonyl (C=O) groups excluding carboxylic acids is 1. The third-order valence-corrected chi connectivity index (χ3v) is 4.76. The molecule has 4 aromatic rings. The Bertz CT molecular complexity index is 1400. The van der Waals surface area contributed by atoms with E-state index in [0.29, 0.717) is 11.3 Å². The van der Waals surface area contributed by atoms with Gasteiger partial charge in [0, 0.05) is 16.8 Å². The van der Waals surface area contributed by atoms with E-state index in [1.807, 2.05) is 12.1 Å². The fourth-order valence-corrected chi connectivity index (χ4v) is 3.02. The maximum Gasteiger partial charge on any atom is 0.259 e. The van der Waals surface area contributed by atoms with Crippen molar-refractivity contribution < 1.29 is 23.0 Å². The Morgan fingerprint density at radius 1 is 0.882 bits per heavy atom. The van der Waals surface area contributed by atoms with Crippen LogP contribution in [0.15, 0.2) is 78.9 Å². The Labute approximate surface area is 194 Å². The van der Waals surface area contributed by atoms with Crippen molar-refractivity contribution in [2.24, 2.45) is 0 Å². The number of aromatic nitrogens is 1. The molecule has 1 heterocycles. The number of amides is 1. The summed E-state index contributed by atoms with van der Waals surface area (Å²) >= 11 is 0. The second-order valence-electron chi connectivity index (χ2n) is 7.17. The number of benzene rings is 3.